The second kappa shape index (κ2) is 8.97. The molecule has 1 rings (SSSR count). The first-order valence-corrected chi connectivity index (χ1v) is 6.71. The largest absolute Gasteiger partial charge is 0.504 e. The average Bonchev–Trinajstić information content (AvgIpc) is 2.53. The van der Waals surface area contributed by atoms with Crippen LogP contribution in [0.2, 0.25) is 0 Å². The predicted octanol–water partition coefficient (Wildman–Crippen LogP) is 3.05. The summed E-state index contributed by atoms with van der Waals surface area (Å²) in [5.74, 6) is -0.609. The fraction of sp³-hybridized carbons (Fsp3) is 0.353. The number of hydrogen-bond acceptors (Lipinski definition) is 4. The molecule has 0 radical (unpaired) electrons. The van der Waals surface area contributed by atoms with E-state index in [1.807, 2.05) is 49.4 Å². The number of ether oxygens (including phenoxy) is 3. The number of carbonyl (C=O) groups excluding carboxylic acids is 1. The van der Waals surface area contributed by atoms with Gasteiger partial charge >= 0.3 is 5.97 Å². The maximum absolute atomic E-state index is 11.8. The SMILES string of the molecule is CO/C=C(/C(=O)OC)[C@H](C)[C@H](/C=C/c1ccccc1)OC. The molecule has 0 unspecified atom stereocenters. The number of carbonyl (C=O) groups is 1. The zero-order chi connectivity index (χ0) is 15.7. The summed E-state index contributed by atoms with van der Waals surface area (Å²) in [7, 11) is 4.45. The highest BCUT2D eigenvalue weighted by Gasteiger charge is 2.24. The molecule has 114 valence electrons. The fourth-order valence-corrected chi connectivity index (χ4v) is 1.98. The second-order valence-corrected chi connectivity index (χ2v) is 4.56. The first kappa shape index (κ1) is 17.0. The van der Waals surface area contributed by atoms with Crippen molar-refractivity contribution in [3.8, 4) is 0 Å². The van der Waals surface area contributed by atoms with Crippen LogP contribution >= 0.6 is 0 Å². The molecule has 4 nitrogen and oxygen atoms in total. The zero-order valence-electron chi connectivity index (χ0n) is 12.9. The van der Waals surface area contributed by atoms with Crippen LogP contribution < -0.4 is 0 Å². The number of rotatable bonds is 7. The molecular weight excluding hydrogens is 268 g/mol. The Labute approximate surface area is 126 Å². The van der Waals surface area contributed by atoms with Gasteiger partial charge in [0.15, 0.2) is 0 Å². The molecule has 1 aromatic rings. The van der Waals surface area contributed by atoms with Crippen molar-refractivity contribution < 1.29 is 19.0 Å². The molecule has 21 heavy (non-hydrogen) atoms. The lowest BCUT2D eigenvalue weighted by Crippen LogP contribution is -2.24. The molecule has 2 atom stereocenters. The molecule has 4 heteroatoms. The van der Waals surface area contributed by atoms with Gasteiger partial charge in [-0.1, -0.05) is 49.4 Å². The van der Waals surface area contributed by atoms with E-state index in [-0.39, 0.29) is 12.0 Å². The summed E-state index contributed by atoms with van der Waals surface area (Å²) in [4.78, 5) is 11.8. The molecule has 0 bridgehead atoms. The van der Waals surface area contributed by atoms with E-state index < -0.39 is 5.97 Å². The van der Waals surface area contributed by atoms with Crippen molar-refractivity contribution in [2.24, 2.45) is 5.92 Å². The first-order valence-electron chi connectivity index (χ1n) is 6.71. The highest BCUT2D eigenvalue weighted by atomic mass is 16.5. The van der Waals surface area contributed by atoms with E-state index in [0.717, 1.165) is 5.56 Å². The third-order valence-corrected chi connectivity index (χ3v) is 3.20. The van der Waals surface area contributed by atoms with Crippen LogP contribution in [0, 0.1) is 5.92 Å². The maximum atomic E-state index is 11.8. The van der Waals surface area contributed by atoms with E-state index in [0.29, 0.717) is 5.57 Å². The van der Waals surface area contributed by atoms with Gasteiger partial charge in [0.05, 0.1) is 32.2 Å². The zero-order valence-corrected chi connectivity index (χ0v) is 12.9. The molecule has 0 aliphatic rings. The Morgan fingerprint density at radius 2 is 1.81 bits per heavy atom. The summed E-state index contributed by atoms with van der Waals surface area (Å²) in [6.45, 7) is 1.89. The van der Waals surface area contributed by atoms with Crippen LogP contribution in [0.15, 0.2) is 48.2 Å². The van der Waals surface area contributed by atoms with Crippen molar-refractivity contribution in [2.45, 2.75) is 13.0 Å². The van der Waals surface area contributed by atoms with Gasteiger partial charge in [0.25, 0.3) is 0 Å². The molecule has 0 aliphatic heterocycles. The number of benzene rings is 1. The van der Waals surface area contributed by atoms with Crippen LogP contribution in [-0.4, -0.2) is 33.4 Å². The van der Waals surface area contributed by atoms with Crippen molar-refractivity contribution in [1.82, 2.24) is 0 Å². The smallest absolute Gasteiger partial charge is 0.337 e. The lowest BCUT2D eigenvalue weighted by atomic mass is 9.95. The molecule has 0 aliphatic carbocycles. The van der Waals surface area contributed by atoms with Crippen molar-refractivity contribution >= 4 is 12.0 Å². The van der Waals surface area contributed by atoms with Crippen LogP contribution in [0.4, 0.5) is 0 Å². The van der Waals surface area contributed by atoms with Gasteiger partial charge in [-0.15, -0.1) is 0 Å². The molecule has 0 heterocycles. The topological polar surface area (TPSA) is 44.8 Å². The van der Waals surface area contributed by atoms with Gasteiger partial charge in [-0.25, -0.2) is 4.79 Å². The van der Waals surface area contributed by atoms with Crippen LogP contribution in [-0.2, 0) is 19.0 Å². The van der Waals surface area contributed by atoms with Crippen LogP contribution in [0.5, 0.6) is 0 Å². The summed E-state index contributed by atoms with van der Waals surface area (Å²) < 4.78 is 15.2. The van der Waals surface area contributed by atoms with Gasteiger partial charge in [-0.3, -0.25) is 0 Å². The summed E-state index contributed by atoms with van der Waals surface area (Å²) in [5, 5.41) is 0. The van der Waals surface area contributed by atoms with E-state index in [2.05, 4.69) is 0 Å². The monoisotopic (exact) mass is 290 g/mol. The highest BCUT2D eigenvalue weighted by molar-refractivity contribution is 5.88. The van der Waals surface area contributed by atoms with E-state index in [4.69, 9.17) is 14.2 Å². The van der Waals surface area contributed by atoms with Crippen molar-refractivity contribution in [3.63, 3.8) is 0 Å². The van der Waals surface area contributed by atoms with Gasteiger partial charge in [-0.2, -0.15) is 0 Å². The van der Waals surface area contributed by atoms with Crippen molar-refractivity contribution in [1.29, 1.82) is 0 Å². The second-order valence-electron chi connectivity index (χ2n) is 4.56. The third-order valence-electron chi connectivity index (χ3n) is 3.20. The van der Waals surface area contributed by atoms with Crippen molar-refractivity contribution in [2.75, 3.05) is 21.3 Å². The van der Waals surface area contributed by atoms with Gasteiger partial charge in [0, 0.05) is 13.0 Å². The van der Waals surface area contributed by atoms with Gasteiger partial charge in [0.1, 0.15) is 0 Å². The van der Waals surface area contributed by atoms with Crippen LogP contribution in [0.3, 0.4) is 0 Å². The first-order chi connectivity index (χ1) is 10.1. The molecule has 0 N–H and O–H groups in total. The lowest BCUT2D eigenvalue weighted by Gasteiger charge is -2.20. The molecule has 1 aromatic carbocycles. The summed E-state index contributed by atoms with van der Waals surface area (Å²) in [6.07, 6.45) is 5.03. The molecule has 0 fully saturated rings. The minimum Gasteiger partial charge on any atom is -0.504 e. The van der Waals surface area contributed by atoms with E-state index in [1.54, 1.807) is 7.11 Å². The molecule has 0 amide bonds. The van der Waals surface area contributed by atoms with Crippen LogP contribution in [0.25, 0.3) is 6.08 Å². The van der Waals surface area contributed by atoms with Crippen molar-refractivity contribution in [3.05, 3.63) is 53.8 Å². The van der Waals surface area contributed by atoms with Gasteiger partial charge in [0.2, 0.25) is 0 Å². The molecule has 0 aromatic heterocycles. The standard InChI is InChI=1S/C17H22O4/c1-13(15(12-19-2)17(18)21-4)16(20-3)11-10-14-8-6-5-7-9-14/h5-13,16H,1-4H3/b11-10+,15-12+/t13-,16-/m0/s1. The Morgan fingerprint density at radius 1 is 1.14 bits per heavy atom. The van der Waals surface area contributed by atoms with Gasteiger partial charge in [-0.05, 0) is 5.56 Å². The average molecular weight is 290 g/mol. The normalized spacial score (nSPS) is 14.8. The van der Waals surface area contributed by atoms with Crippen LogP contribution in [0.1, 0.15) is 12.5 Å². The minimum atomic E-state index is -0.417. The number of hydrogen-bond donors (Lipinski definition) is 0. The molecule has 0 saturated carbocycles. The Hall–Kier alpha value is -2.07. The quantitative estimate of drug-likeness (QED) is 0.440. The third kappa shape index (κ3) is 5.08. The molecule has 0 saturated heterocycles. The number of methoxy groups -OCH3 is 3. The Kier molecular flexibility index (Phi) is 7.26. The Balaban J connectivity index is 2.89. The molecule has 0 spiro atoms. The highest BCUT2D eigenvalue weighted by Crippen LogP contribution is 2.20. The number of esters is 1. The maximum Gasteiger partial charge on any atom is 0.337 e. The van der Waals surface area contributed by atoms with E-state index >= 15 is 0 Å². The Bertz CT molecular complexity index is 491. The summed E-state index contributed by atoms with van der Waals surface area (Å²) in [5.41, 5.74) is 1.51. The molecular formula is C17H22O4. The minimum absolute atomic E-state index is 0.192. The van der Waals surface area contributed by atoms with E-state index in [9.17, 15) is 4.79 Å². The summed E-state index contributed by atoms with van der Waals surface area (Å²) >= 11 is 0. The Morgan fingerprint density at radius 3 is 2.33 bits per heavy atom. The van der Waals surface area contributed by atoms with Gasteiger partial charge < -0.3 is 14.2 Å². The lowest BCUT2D eigenvalue weighted by molar-refractivity contribution is -0.137. The summed E-state index contributed by atoms with van der Waals surface area (Å²) in [6, 6.07) is 9.90. The predicted molar refractivity (Wildman–Crippen MR) is 82.5 cm³/mol. The van der Waals surface area contributed by atoms with E-state index in [1.165, 1.54) is 20.5 Å². The fourth-order valence-electron chi connectivity index (χ4n) is 1.98.